The molecular weight excluding hydrogens is 886 g/mol. The summed E-state index contributed by atoms with van der Waals surface area (Å²) in [6, 6.07) is 19.0. The number of hydrogen-bond acceptors (Lipinski definition) is 7. The Balaban J connectivity index is 0.000000180. The van der Waals surface area contributed by atoms with Gasteiger partial charge in [-0.05, 0) is 54.6 Å². The lowest BCUT2D eigenvalue weighted by molar-refractivity contribution is 0.146. The van der Waals surface area contributed by atoms with Crippen molar-refractivity contribution < 1.29 is 43.5 Å². The number of aromatic amines is 2. The van der Waals surface area contributed by atoms with E-state index in [2.05, 4.69) is 24.7 Å². The molecule has 0 atom stereocenters. The Kier molecular flexibility index (Phi) is 11.6. The molecular formula is C38H24Cl3F5N6O5S2. The maximum Gasteiger partial charge on any atom is 0.278 e. The van der Waals surface area contributed by atoms with Gasteiger partial charge in [0.1, 0.15) is 33.8 Å². The second-order valence-corrected chi connectivity index (χ2v) is 17.0. The van der Waals surface area contributed by atoms with Gasteiger partial charge in [-0.3, -0.25) is 19.4 Å². The molecule has 0 radical (unpaired) electrons. The van der Waals surface area contributed by atoms with Gasteiger partial charge in [0.2, 0.25) is 0 Å². The lowest BCUT2D eigenvalue weighted by atomic mass is 10.1. The topological polar surface area (TPSA) is 159 Å². The zero-order chi connectivity index (χ0) is 42.2. The van der Waals surface area contributed by atoms with E-state index in [-0.39, 0.29) is 65.4 Å². The highest BCUT2D eigenvalue weighted by molar-refractivity contribution is 7.93. The van der Waals surface area contributed by atoms with Crippen LogP contribution in [0.1, 0.15) is 17.8 Å². The van der Waals surface area contributed by atoms with Crippen LogP contribution in [0.25, 0.3) is 32.7 Å². The minimum absolute atomic E-state index is 0.105. The number of anilines is 2. The predicted molar refractivity (Wildman–Crippen MR) is 215 cm³/mol. The molecule has 0 aliphatic carbocycles. The number of fused-ring (bicyclic) bond motifs is 4. The van der Waals surface area contributed by atoms with Crippen molar-refractivity contribution in [1.29, 1.82) is 0 Å². The summed E-state index contributed by atoms with van der Waals surface area (Å²) >= 11 is 17.4. The summed E-state index contributed by atoms with van der Waals surface area (Å²) in [5.74, 6) is -2.58. The Morgan fingerprint density at radius 3 is 2.15 bits per heavy atom. The smallest absolute Gasteiger partial charge is 0.278 e. The Bertz CT molecular complexity index is 3120. The number of pyridine rings is 2. The zero-order valence-electron chi connectivity index (χ0n) is 29.4. The van der Waals surface area contributed by atoms with Gasteiger partial charge in [0.05, 0.1) is 49.4 Å². The largest absolute Gasteiger partial charge is 0.484 e. The molecule has 0 amide bonds. The number of benzene rings is 4. The van der Waals surface area contributed by atoms with E-state index < -0.39 is 54.6 Å². The summed E-state index contributed by atoms with van der Waals surface area (Å²) in [7, 11) is -8.47. The highest BCUT2D eigenvalue weighted by Gasteiger charge is 2.25. The SMILES string of the molecule is O=S(=O)(Nc1cc(F)c(Cl)cc1F)c1c[nH]c2c(OCc3ccccn3)c(Cl)ccc12.O=S(=O)(Nc1ccc(Cl)cc1F)c1cnc2c1ccc1ccc(C(F)F)[nH]c12. The summed E-state index contributed by atoms with van der Waals surface area (Å²) in [4.78, 5) is 13.3. The highest BCUT2D eigenvalue weighted by atomic mass is 35.5. The third kappa shape index (κ3) is 8.72. The van der Waals surface area contributed by atoms with E-state index >= 15 is 0 Å². The van der Waals surface area contributed by atoms with Crippen LogP contribution < -0.4 is 14.2 Å². The van der Waals surface area contributed by atoms with Crippen LogP contribution >= 0.6 is 34.8 Å². The molecule has 8 rings (SSSR count). The fourth-order valence-corrected chi connectivity index (χ4v) is 8.76. The average Bonchev–Trinajstić information content (AvgIpc) is 3.85. The van der Waals surface area contributed by atoms with Crippen LogP contribution in [-0.4, -0.2) is 36.8 Å². The molecule has 0 spiro atoms. The molecule has 21 heteroatoms. The van der Waals surface area contributed by atoms with Gasteiger partial charge in [0.25, 0.3) is 26.5 Å². The Hall–Kier alpha value is -5.66. The first-order valence-corrected chi connectivity index (χ1v) is 20.8. The fourth-order valence-electron chi connectivity index (χ4n) is 5.80. The van der Waals surface area contributed by atoms with Crippen molar-refractivity contribution in [2.75, 3.05) is 9.44 Å². The van der Waals surface area contributed by atoms with Crippen LogP contribution in [0, 0.1) is 17.5 Å². The molecule has 4 aromatic heterocycles. The molecule has 59 heavy (non-hydrogen) atoms. The number of nitrogens with one attached hydrogen (secondary N) is 4. The van der Waals surface area contributed by atoms with E-state index in [0.29, 0.717) is 28.7 Å². The molecule has 8 aromatic rings. The fraction of sp³-hybridized carbons (Fsp3) is 0.0526. The number of nitrogens with zero attached hydrogens (tertiary/aromatic N) is 2. The van der Waals surface area contributed by atoms with E-state index in [0.717, 1.165) is 12.3 Å². The molecule has 304 valence electrons. The van der Waals surface area contributed by atoms with Crippen LogP contribution in [-0.2, 0) is 26.7 Å². The number of rotatable bonds is 10. The van der Waals surface area contributed by atoms with Crippen LogP contribution in [0.15, 0.2) is 113 Å². The van der Waals surface area contributed by atoms with Crippen molar-refractivity contribution in [3.63, 3.8) is 0 Å². The van der Waals surface area contributed by atoms with Crippen molar-refractivity contribution in [1.82, 2.24) is 19.9 Å². The third-order valence-corrected chi connectivity index (χ3v) is 12.2. The zero-order valence-corrected chi connectivity index (χ0v) is 33.3. The average molecular weight is 910 g/mol. The summed E-state index contributed by atoms with van der Waals surface area (Å²) < 4.78 is 129. The van der Waals surface area contributed by atoms with Gasteiger partial charge in [0.15, 0.2) is 5.75 Å². The number of halogens is 8. The standard InChI is InChI=1S/C20H13Cl2F2N3O3S.C18H11ClF3N3O2S/c21-13-5-4-12-18(31(28,29)27-17-8-15(23)14(22)7-16(17)24)9-26-19(12)20(13)30-10-11-3-1-2-6-25-11;19-10-3-6-13(12(20)7-10)25-28(26,27)15-8-23-17-11(15)4-1-9-2-5-14(18(21)22)24-16(9)17/h1-9,26-27H,10H2;1-8,18,24-25H. The number of aromatic nitrogens is 4. The van der Waals surface area contributed by atoms with Crippen molar-refractivity contribution >= 4 is 98.9 Å². The molecule has 4 aromatic carbocycles. The Morgan fingerprint density at radius 1 is 0.712 bits per heavy atom. The molecule has 0 aliphatic rings. The van der Waals surface area contributed by atoms with Gasteiger partial charge in [-0.1, -0.05) is 59.1 Å². The molecule has 0 aliphatic heterocycles. The van der Waals surface area contributed by atoms with E-state index in [4.69, 9.17) is 39.5 Å². The monoisotopic (exact) mass is 908 g/mol. The number of H-pyrrole nitrogens is 2. The molecule has 4 N–H and O–H groups in total. The minimum atomic E-state index is -4.29. The summed E-state index contributed by atoms with van der Waals surface area (Å²) in [5, 5.41) is 0.984. The second-order valence-electron chi connectivity index (χ2n) is 12.4. The van der Waals surface area contributed by atoms with Crippen LogP contribution in [0.2, 0.25) is 15.1 Å². The normalized spacial score (nSPS) is 11.9. The molecule has 11 nitrogen and oxygen atoms in total. The Morgan fingerprint density at radius 2 is 1.42 bits per heavy atom. The van der Waals surface area contributed by atoms with Gasteiger partial charge in [-0.2, -0.15) is 0 Å². The summed E-state index contributed by atoms with van der Waals surface area (Å²) in [6.45, 7) is 0.105. The van der Waals surface area contributed by atoms with Gasteiger partial charge >= 0.3 is 0 Å². The number of sulfonamides is 2. The van der Waals surface area contributed by atoms with E-state index in [1.807, 2.05) is 4.72 Å². The van der Waals surface area contributed by atoms with Crippen LogP contribution in [0.4, 0.5) is 33.3 Å². The van der Waals surface area contributed by atoms with Crippen molar-refractivity contribution in [3.8, 4) is 5.75 Å². The molecule has 0 bridgehead atoms. The third-order valence-electron chi connectivity index (χ3n) is 8.56. The van der Waals surface area contributed by atoms with Gasteiger partial charge in [0, 0.05) is 45.8 Å². The molecule has 0 fully saturated rings. The van der Waals surface area contributed by atoms with Gasteiger partial charge < -0.3 is 14.7 Å². The first-order chi connectivity index (χ1) is 28.0. The van der Waals surface area contributed by atoms with Crippen molar-refractivity contribution in [2.45, 2.75) is 22.8 Å². The molecule has 0 saturated carbocycles. The maximum atomic E-state index is 14.1. The van der Waals surface area contributed by atoms with E-state index in [9.17, 15) is 38.8 Å². The summed E-state index contributed by atoms with van der Waals surface area (Å²) in [6.07, 6.45) is 1.21. The van der Waals surface area contributed by atoms with E-state index in [1.54, 1.807) is 30.5 Å². The highest BCUT2D eigenvalue weighted by Crippen LogP contribution is 2.37. The number of alkyl halides is 2. The number of hydrogen-bond donors (Lipinski definition) is 4. The molecule has 0 unspecified atom stereocenters. The molecule has 4 heterocycles. The van der Waals surface area contributed by atoms with Gasteiger partial charge in [-0.15, -0.1) is 0 Å². The Labute approximate surface area is 346 Å². The first kappa shape index (κ1) is 41.5. The van der Waals surface area contributed by atoms with Crippen molar-refractivity contribution in [3.05, 3.63) is 147 Å². The first-order valence-electron chi connectivity index (χ1n) is 16.7. The minimum Gasteiger partial charge on any atom is -0.484 e. The van der Waals surface area contributed by atoms with E-state index in [1.165, 1.54) is 48.7 Å². The lowest BCUT2D eigenvalue weighted by Gasteiger charge is -2.11. The van der Waals surface area contributed by atoms with Crippen LogP contribution in [0.5, 0.6) is 5.75 Å². The number of ether oxygens (including phenoxy) is 1. The predicted octanol–water partition coefficient (Wildman–Crippen LogP) is 10.8. The quantitative estimate of drug-likeness (QED) is 0.0785. The van der Waals surface area contributed by atoms with Crippen molar-refractivity contribution in [2.24, 2.45) is 0 Å². The van der Waals surface area contributed by atoms with Crippen LogP contribution in [0.3, 0.4) is 0 Å². The van der Waals surface area contributed by atoms with Gasteiger partial charge in [-0.25, -0.2) is 38.8 Å². The molecule has 0 saturated heterocycles. The lowest BCUT2D eigenvalue weighted by Crippen LogP contribution is -2.14. The second kappa shape index (κ2) is 16.5. The summed E-state index contributed by atoms with van der Waals surface area (Å²) in [5.41, 5.74) is 0.325. The maximum absolute atomic E-state index is 14.1.